The van der Waals surface area contributed by atoms with Gasteiger partial charge < -0.3 is 11.1 Å². The molecule has 1 fully saturated rings. The summed E-state index contributed by atoms with van der Waals surface area (Å²) in [7, 11) is 0. The van der Waals surface area contributed by atoms with Crippen molar-refractivity contribution < 1.29 is 4.79 Å². The molecular weight excluding hydrogens is 220 g/mol. The van der Waals surface area contributed by atoms with Crippen molar-refractivity contribution in [3.05, 3.63) is 0 Å². The SMILES string of the molecule is CSC1CCC(NC(=O)CCC(C)CN)C1. The average Bonchev–Trinajstić information content (AvgIpc) is 2.73. The van der Waals surface area contributed by atoms with Crippen molar-refractivity contribution in [1.82, 2.24) is 5.32 Å². The Morgan fingerprint density at radius 1 is 1.56 bits per heavy atom. The van der Waals surface area contributed by atoms with E-state index < -0.39 is 0 Å². The van der Waals surface area contributed by atoms with Crippen LogP contribution in [0.4, 0.5) is 0 Å². The summed E-state index contributed by atoms with van der Waals surface area (Å²) in [5.74, 6) is 0.653. The van der Waals surface area contributed by atoms with Gasteiger partial charge in [-0.05, 0) is 44.4 Å². The van der Waals surface area contributed by atoms with Crippen LogP contribution in [0.2, 0.25) is 0 Å². The van der Waals surface area contributed by atoms with Crippen LogP contribution in [-0.4, -0.2) is 30.0 Å². The van der Waals surface area contributed by atoms with E-state index in [4.69, 9.17) is 5.73 Å². The van der Waals surface area contributed by atoms with Crippen LogP contribution in [0, 0.1) is 5.92 Å². The number of amides is 1. The summed E-state index contributed by atoms with van der Waals surface area (Å²) in [6.07, 6.45) is 7.20. The Morgan fingerprint density at radius 3 is 2.88 bits per heavy atom. The normalized spacial score (nSPS) is 26.7. The Kier molecular flexibility index (Phi) is 6.21. The van der Waals surface area contributed by atoms with Crippen molar-refractivity contribution in [3.8, 4) is 0 Å². The topological polar surface area (TPSA) is 55.1 Å². The van der Waals surface area contributed by atoms with Gasteiger partial charge in [-0.1, -0.05) is 6.92 Å². The lowest BCUT2D eigenvalue weighted by molar-refractivity contribution is -0.122. The molecule has 94 valence electrons. The summed E-state index contributed by atoms with van der Waals surface area (Å²) in [6.45, 7) is 2.76. The van der Waals surface area contributed by atoms with Crippen LogP contribution in [0.15, 0.2) is 0 Å². The molecule has 3 unspecified atom stereocenters. The molecule has 0 spiro atoms. The minimum absolute atomic E-state index is 0.201. The van der Waals surface area contributed by atoms with Gasteiger partial charge in [-0.15, -0.1) is 0 Å². The maximum absolute atomic E-state index is 11.7. The second-order valence-corrected chi connectivity index (χ2v) is 5.95. The highest BCUT2D eigenvalue weighted by Crippen LogP contribution is 2.28. The van der Waals surface area contributed by atoms with Crippen molar-refractivity contribution in [2.45, 2.75) is 50.3 Å². The third kappa shape index (κ3) is 4.74. The lowest BCUT2D eigenvalue weighted by Crippen LogP contribution is -2.33. The van der Waals surface area contributed by atoms with Crippen LogP contribution in [0.3, 0.4) is 0 Å². The number of carbonyl (C=O) groups excluding carboxylic acids is 1. The van der Waals surface area contributed by atoms with E-state index in [1.165, 1.54) is 6.42 Å². The highest BCUT2D eigenvalue weighted by molar-refractivity contribution is 7.99. The zero-order valence-corrected chi connectivity index (χ0v) is 11.2. The van der Waals surface area contributed by atoms with E-state index in [0.717, 1.165) is 24.5 Å². The second kappa shape index (κ2) is 7.17. The van der Waals surface area contributed by atoms with Crippen LogP contribution >= 0.6 is 11.8 Å². The third-order valence-electron chi connectivity index (χ3n) is 3.35. The van der Waals surface area contributed by atoms with Crippen molar-refractivity contribution in [2.75, 3.05) is 12.8 Å². The average molecular weight is 244 g/mol. The van der Waals surface area contributed by atoms with E-state index in [-0.39, 0.29) is 5.91 Å². The molecule has 16 heavy (non-hydrogen) atoms. The highest BCUT2D eigenvalue weighted by atomic mass is 32.2. The fourth-order valence-electron chi connectivity index (χ4n) is 2.08. The van der Waals surface area contributed by atoms with Gasteiger partial charge in [-0.3, -0.25) is 4.79 Å². The predicted molar refractivity (Wildman–Crippen MR) is 70.5 cm³/mol. The van der Waals surface area contributed by atoms with Gasteiger partial charge in [0.05, 0.1) is 0 Å². The largest absolute Gasteiger partial charge is 0.353 e. The van der Waals surface area contributed by atoms with Gasteiger partial charge in [-0.2, -0.15) is 11.8 Å². The van der Waals surface area contributed by atoms with E-state index in [2.05, 4.69) is 18.5 Å². The third-order valence-corrected chi connectivity index (χ3v) is 4.44. The van der Waals surface area contributed by atoms with Crippen LogP contribution in [0.25, 0.3) is 0 Å². The number of thioether (sulfide) groups is 1. The van der Waals surface area contributed by atoms with Crippen molar-refractivity contribution >= 4 is 17.7 Å². The maximum Gasteiger partial charge on any atom is 0.220 e. The molecule has 0 bridgehead atoms. The smallest absolute Gasteiger partial charge is 0.220 e. The number of nitrogens with one attached hydrogen (secondary N) is 1. The van der Waals surface area contributed by atoms with Gasteiger partial charge in [0.15, 0.2) is 0 Å². The first-order valence-electron chi connectivity index (χ1n) is 6.18. The molecule has 1 saturated carbocycles. The summed E-state index contributed by atoms with van der Waals surface area (Å²) in [5, 5.41) is 3.87. The fourth-order valence-corrected chi connectivity index (χ4v) is 2.88. The quantitative estimate of drug-likeness (QED) is 0.748. The Labute approximate surface area is 103 Å². The zero-order valence-electron chi connectivity index (χ0n) is 10.4. The van der Waals surface area contributed by atoms with Crippen LogP contribution < -0.4 is 11.1 Å². The van der Waals surface area contributed by atoms with Gasteiger partial charge in [0.1, 0.15) is 0 Å². The van der Waals surface area contributed by atoms with Crippen molar-refractivity contribution in [1.29, 1.82) is 0 Å². The van der Waals surface area contributed by atoms with E-state index in [1.54, 1.807) is 0 Å². The zero-order chi connectivity index (χ0) is 12.0. The molecular formula is C12H24N2OS. The summed E-state index contributed by atoms with van der Waals surface area (Å²) < 4.78 is 0. The van der Waals surface area contributed by atoms with Crippen LogP contribution in [0.1, 0.15) is 39.0 Å². The molecule has 0 saturated heterocycles. The molecule has 1 amide bonds. The molecule has 3 nitrogen and oxygen atoms in total. The molecule has 0 radical (unpaired) electrons. The highest BCUT2D eigenvalue weighted by Gasteiger charge is 2.24. The predicted octanol–water partition coefficient (Wildman–Crippen LogP) is 1.76. The van der Waals surface area contributed by atoms with E-state index in [1.807, 2.05) is 11.8 Å². The molecule has 0 heterocycles. The van der Waals surface area contributed by atoms with Gasteiger partial charge in [0.25, 0.3) is 0 Å². The number of hydrogen-bond donors (Lipinski definition) is 2. The molecule has 1 aliphatic rings. The van der Waals surface area contributed by atoms with E-state index in [0.29, 0.717) is 24.9 Å². The van der Waals surface area contributed by atoms with Gasteiger partial charge in [-0.25, -0.2) is 0 Å². The summed E-state index contributed by atoms with van der Waals surface area (Å²) in [4.78, 5) is 11.7. The monoisotopic (exact) mass is 244 g/mol. The molecule has 0 aliphatic heterocycles. The Bertz CT molecular complexity index is 223. The molecule has 3 atom stereocenters. The van der Waals surface area contributed by atoms with Gasteiger partial charge >= 0.3 is 0 Å². The molecule has 1 aliphatic carbocycles. The van der Waals surface area contributed by atoms with Crippen LogP contribution in [-0.2, 0) is 4.79 Å². The van der Waals surface area contributed by atoms with Crippen molar-refractivity contribution in [3.63, 3.8) is 0 Å². The molecule has 0 aromatic heterocycles. The Morgan fingerprint density at radius 2 is 2.31 bits per heavy atom. The van der Waals surface area contributed by atoms with E-state index >= 15 is 0 Å². The molecule has 0 aromatic carbocycles. The van der Waals surface area contributed by atoms with Crippen molar-refractivity contribution in [2.24, 2.45) is 11.7 Å². The van der Waals surface area contributed by atoms with Gasteiger partial charge in [0, 0.05) is 17.7 Å². The standard InChI is InChI=1S/C12H24N2OS/c1-9(8-13)3-6-12(15)14-10-4-5-11(7-10)16-2/h9-11H,3-8,13H2,1-2H3,(H,14,15). The molecule has 0 aromatic rings. The first-order valence-corrected chi connectivity index (χ1v) is 7.46. The number of carbonyl (C=O) groups is 1. The maximum atomic E-state index is 11.7. The Hall–Kier alpha value is -0.220. The van der Waals surface area contributed by atoms with E-state index in [9.17, 15) is 4.79 Å². The molecule has 1 rings (SSSR count). The Balaban J connectivity index is 2.15. The molecule has 4 heteroatoms. The first-order chi connectivity index (χ1) is 7.65. The lowest BCUT2D eigenvalue weighted by atomic mass is 10.1. The lowest BCUT2D eigenvalue weighted by Gasteiger charge is -2.14. The van der Waals surface area contributed by atoms with Gasteiger partial charge in [0.2, 0.25) is 5.91 Å². The minimum atomic E-state index is 0.201. The number of nitrogens with two attached hydrogens (primary N) is 1. The fraction of sp³-hybridized carbons (Fsp3) is 0.917. The summed E-state index contributed by atoms with van der Waals surface area (Å²) in [5.41, 5.74) is 5.52. The first kappa shape index (κ1) is 13.8. The number of hydrogen-bond acceptors (Lipinski definition) is 3. The molecule has 3 N–H and O–H groups in total. The van der Waals surface area contributed by atoms with Crippen LogP contribution in [0.5, 0.6) is 0 Å². The number of rotatable bonds is 6. The minimum Gasteiger partial charge on any atom is -0.353 e. The summed E-state index contributed by atoms with van der Waals surface area (Å²) >= 11 is 1.92. The summed E-state index contributed by atoms with van der Waals surface area (Å²) in [6, 6.07) is 0.415. The second-order valence-electron chi connectivity index (χ2n) is 4.81.